The van der Waals surface area contributed by atoms with Gasteiger partial charge in [0, 0.05) is 31.6 Å². The van der Waals surface area contributed by atoms with Crippen LogP contribution in [-0.4, -0.2) is 93.8 Å². The van der Waals surface area contributed by atoms with Crippen LogP contribution < -0.4 is 15.6 Å². The number of nitrogens with one attached hydrogen (secondary N) is 1. The number of benzene rings is 1. The van der Waals surface area contributed by atoms with Crippen LogP contribution in [0.3, 0.4) is 0 Å². The Kier molecular flexibility index (Phi) is 6.43. The summed E-state index contributed by atoms with van der Waals surface area (Å²) in [5.41, 5.74) is -0.426. The van der Waals surface area contributed by atoms with Gasteiger partial charge in [0.2, 0.25) is 11.7 Å². The van der Waals surface area contributed by atoms with Gasteiger partial charge in [-0.3, -0.25) is 4.79 Å². The lowest BCUT2D eigenvalue weighted by Crippen LogP contribution is -2.60. The maximum Gasteiger partial charge on any atom is 0.347 e. The first-order chi connectivity index (χ1) is 17.1. The van der Waals surface area contributed by atoms with Gasteiger partial charge < -0.3 is 44.7 Å². The zero-order valence-corrected chi connectivity index (χ0v) is 19.8. The second-order valence-electron chi connectivity index (χ2n) is 8.79. The number of aliphatic hydroxyl groups is 3. The van der Waals surface area contributed by atoms with Crippen LogP contribution in [0.5, 0.6) is 0 Å². The van der Waals surface area contributed by atoms with Crippen molar-refractivity contribution in [1.29, 1.82) is 0 Å². The number of aliphatic carboxylic acids is 1. The van der Waals surface area contributed by atoms with Crippen molar-refractivity contribution in [2.24, 2.45) is 0 Å². The van der Waals surface area contributed by atoms with Crippen molar-refractivity contribution in [3.05, 3.63) is 33.7 Å². The third kappa shape index (κ3) is 3.93. The first-order valence-electron chi connectivity index (χ1n) is 11.3. The minimum absolute atomic E-state index is 0.0433. The first kappa shape index (κ1) is 24.9. The van der Waals surface area contributed by atoms with Gasteiger partial charge in [-0.1, -0.05) is 11.8 Å². The highest BCUT2D eigenvalue weighted by Gasteiger charge is 2.49. The number of anilines is 1. The van der Waals surface area contributed by atoms with Gasteiger partial charge in [0.15, 0.2) is 6.10 Å². The highest BCUT2D eigenvalue weighted by atomic mass is 32.2. The summed E-state index contributed by atoms with van der Waals surface area (Å²) in [6, 6.07) is 2.68. The molecule has 3 aliphatic rings. The van der Waals surface area contributed by atoms with Crippen LogP contribution in [0.15, 0.2) is 22.0 Å². The summed E-state index contributed by atoms with van der Waals surface area (Å²) in [5.74, 6) is -3.51. The Hall–Kier alpha value is -2.75. The van der Waals surface area contributed by atoms with E-state index in [0.29, 0.717) is 37.4 Å². The Morgan fingerprint density at radius 1 is 1.17 bits per heavy atom. The average Bonchev–Trinajstić information content (AvgIpc) is 2.84. The molecule has 2 saturated heterocycles. The molecule has 2 aromatic rings. The SMILES string of the molecule is CC1Sc2c(C(=O)O[C@@H]3O[C@H](C(=O)O)[C@@H](O)[C@H](O)[C@H]3O)c(=O)c3cc(F)c(N4CCNCC4)cc3n21. The normalized spacial score (nSPS) is 30.0. The average molecular weight is 526 g/mol. The number of hydrogen-bond acceptors (Lipinski definition) is 11. The molecule has 36 heavy (non-hydrogen) atoms. The lowest BCUT2D eigenvalue weighted by Gasteiger charge is -2.38. The molecule has 194 valence electrons. The maximum absolute atomic E-state index is 15.1. The van der Waals surface area contributed by atoms with Gasteiger partial charge in [0.05, 0.1) is 21.6 Å². The summed E-state index contributed by atoms with van der Waals surface area (Å²) in [6.07, 6.45) is -9.87. The number of fused-ring (bicyclic) bond motifs is 3. The molecule has 1 aromatic carbocycles. The van der Waals surface area contributed by atoms with Crippen LogP contribution in [0, 0.1) is 5.82 Å². The molecule has 0 aliphatic carbocycles. The van der Waals surface area contributed by atoms with Crippen molar-refractivity contribution in [1.82, 2.24) is 9.88 Å². The minimum atomic E-state index is -1.98. The number of nitrogens with zero attached hydrogens (tertiary/aromatic N) is 2. The van der Waals surface area contributed by atoms with Crippen molar-refractivity contribution in [3.8, 4) is 0 Å². The Bertz CT molecular complexity index is 1300. The van der Waals surface area contributed by atoms with Crippen molar-refractivity contribution < 1.29 is 43.9 Å². The number of pyridine rings is 1. The van der Waals surface area contributed by atoms with E-state index in [0.717, 1.165) is 6.07 Å². The number of piperazine rings is 1. The molecule has 0 saturated carbocycles. The summed E-state index contributed by atoms with van der Waals surface area (Å²) < 4.78 is 26.9. The molecule has 0 spiro atoms. The monoisotopic (exact) mass is 525 g/mol. The van der Waals surface area contributed by atoms with Crippen LogP contribution in [0.4, 0.5) is 10.1 Å². The fourth-order valence-electron chi connectivity index (χ4n) is 4.68. The number of aliphatic hydroxyl groups excluding tert-OH is 3. The molecule has 12 nitrogen and oxygen atoms in total. The summed E-state index contributed by atoms with van der Waals surface area (Å²) in [6.45, 7) is 4.41. The Balaban J connectivity index is 1.53. The van der Waals surface area contributed by atoms with E-state index < -0.39 is 59.5 Å². The van der Waals surface area contributed by atoms with E-state index >= 15 is 4.39 Å². The summed E-state index contributed by atoms with van der Waals surface area (Å²) in [5, 5.41) is 42.4. The van der Waals surface area contributed by atoms with E-state index in [9.17, 15) is 34.8 Å². The van der Waals surface area contributed by atoms with Gasteiger partial charge in [0.25, 0.3) is 0 Å². The van der Waals surface area contributed by atoms with E-state index in [-0.39, 0.29) is 15.8 Å². The van der Waals surface area contributed by atoms with E-state index in [4.69, 9.17) is 9.47 Å². The molecule has 0 radical (unpaired) electrons. The zero-order valence-electron chi connectivity index (χ0n) is 19.0. The largest absolute Gasteiger partial charge is 0.479 e. The number of ether oxygens (including phenoxy) is 2. The number of aromatic nitrogens is 1. The number of carbonyl (C=O) groups excluding carboxylic acids is 1. The van der Waals surface area contributed by atoms with Gasteiger partial charge in [-0.15, -0.1) is 0 Å². The highest BCUT2D eigenvalue weighted by molar-refractivity contribution is 8.00. The first-order valence-corrected chi connectivity index (χ1v) is 12.2. The second-order valence-corrected chi connectivity index (χ2v) is 10.1. The lowest BCUT2D eigenvalue weighted by atomic mass is 9.99. The third-order valence-corrected chi connectivity index (χ3v) is 7.75. The topological polar surface area (TPSA) is 171 Å². The Morgan fingerprint density at radius 2 is 1.86 bits per heavy atom. The van der Waals surface area contributed by atoms with Gasteiger partial charge in [-0.2, -0.15) is 0 Å². The predicted octanol–water partition coefficient (Wildman–Crippen LogP) is -0.777. The lowest BCUT2D eigenvalue weighted by molar-refractivity contribution is -0.278. The number of hydrogen-bond donors (Lipinski definition) is 5. The fraction of sp³-hybridized carbons (Fsp3) is 0.500. The van der Waals surface area contributed by atoms with Crippen molar-refractivity contribution in [2.45, 2.75) is 48.0 Å². The maximum atomic E-state index is 15.1. The molecular weight excluding hydrogens is 501 g/mol. The van der Waals surface area contributed by atoms with Gasteiger partial charge >= 0.3 is 11.9 Å². The highest BCUT2D eigenvalue weighted by Crippen LogP contribution is 2.47. The molecule has 2 fully saturated rings. The number of carboxylic acid groups (broad SMARTS) is 1. The van der Waals surface area contributed by atoms with E-state index in [1.807, 2.05) is 11.8 Å². The molecule has 14 heteroatoms. The number of halogens is 1. The standard InChI is InChI=1S/C22H24FN3O9S/c1-8-26-11-7-12(25-4-2-24-3-5-25)10(23)6-9(11)14(27)13(19(26)36-8)21(33)35-22-17(30)15(28)16(29)18(34-22)20(31)32/h6-8,15-18,22,24,28-30H,2-5H2,1H3,(H,31,32)/t8?,15-,16-,17+,18-,22-/m0/s1. The van der Waals surface area contributed by atoms with Crippen LogP contribution >= 0.6 is 11.8 Å². The number of thioether (sulfide) groups is 1. The van der Waals surface area contributed by atoms with Crippen LogP contribution in [0.25, 0.3) is 10.9 Å². The molecule has 4 heterocycles. The van der Waals surface area contributed by atoms with Crippen molar-refractivity contribution in [3.63, 3.8) is 0 Å². The third-order valence-electron chi connectivity index (χ3n) is 6.57. The minimum Gasteiger partial charge on any atom is -0.479 e. The number of carboxylic acids is 1. The predicted molar refractivity (Wildman–Crippen MR) is 124 cm³/mol. The van der Waals surface area contributed by atoms with E-state index in [2.05, 4.69) is 5.32 Å². The van der Waals surface area contributed by atoms with E-state index in [1.165, 1.54) is 11.8 Å². The molecule has 6 atom stereocenters. The van der Waals surface area contributed by atoms with Crippen LogP contribution in [0.2, 0.25) is 0 Å². The second kappa shape index (κ2) is 9.28. The number of rotatable bonds is 4. The quantitative estimate of drug-likeness (QED) is 0.316. The summed E-state index contributed by atoms with van der Waals surface area (Å²) >= 11 is 1.21. The summed E-state index contributed by atoms with van der Waals surface area (Å²) in [4.78, 5) is 39.6. The van der Waals surface area contributed by atoms with Gasteiger partial charge in [0.1, 0.15) is 29.7 Å². The van der Waals surface area contributed by atoms with Crippen LogP contribution in [0.1, 0.15) is 22.7 Å². The molecule has 0 amide bonds. The molecule has 5 rings (SSSR count). The molecular formula is C22H24FN3O9S. The van der Waals surface area contributed by atoms with Gasteiger partial charge in [-0.25, -0.2) is 14.0 Å². The van der Waals surface area contributed by atoms with Gasteiger partial charge in [-0.05, 0) is 19.1 Å². The van der Waals surface area contributed by atoms with Crippen molar-refractivity contribution in [2.75, 3.05) is 31.1 Å². The molecule has 1 unspecified atom stereocenters. The molecule has 3 aliphatic heterocycles. The Morgan fingerprint density at radius 3 is 2.50 bits per heavy atom. The smallest absolute Gasteiger partial charge is 0.347 e. The van der Waals surface area contributed by atoms with E-state index in [1.54, 1.807) is 10.6 Å². The van der Waals surface area contributed by atoms with Crippen LogP contribution in [-0.2, 0) is 14.3 Å². The Labute approximate surface area is 207 Å². The molecule has 5 N–H and O–H groups in total. The zero-order chi connectivity index (χ0) is 25.9. The summed E-state index contributed by atoms with van der Waals surface area (Å²) in [7, 11) is 0. The van der Waals surface area contributed by atoms with Crippen molar-refractivity contribution >= 4 is 40.3 Å². The fourth-order valence-corrected chi connectivity index (χ4v) is 5.83. The molecule has 0 bridgehead atoms. The number of esters is 1. The molecule has 1 aromatic heterocycles. The number of carbonyl (C=O) groups is 2.